The first-order valence-electron chi connectivity index (χ1n) is 10.0. The van der Waals surface area contributed by atoms with Crippen molar-refractivity contribution in [3.05, 3.63) is 29.6 Å². The largest absolute Gasteiger partial charge is 0.486 e. The molecule has 3 aliphatic rings. The van der Waals surface area contributed by atoms with E-state index in [9.17, 15) is 4.79 Å². The molecule has 2 saturated heterocycles. The van der Waals surface area contributed by atoms with Gasteiger partial charge in [-0.2, -0.15) is 0 Å². The van der Waals surface area contributed by atoms with Gasteiger partial charge in [-0.15, -0.1) is 17.5 Å². The topological polar surface area (TPSA) is 81.5 Å². The summed E-state index contributed by atoms with van der Waals surface area (Å²) in [7, 11) is 0. The number of carbonyl (C=O) groups is 1. The Hall–Kier alpha value is -2.32. The summed E-state index contributed by atoms with van der Waals surface area (Å²) < 4.78 is 12.9. The molecule has 1 amide bonds. The number of halogens is 1. The molecule has 9 heteroatoms. The molecule has 0 spiro atoms. The van der Waals surface area contributed by atoms with Gasteiger partial charge >= 0.3 is 0 Å². The number of hydrogen-bond acceptors (Lipinski definition) is 6. The van der Waals surface area contributed by atoms with Gasteiger partial charge in [0.2, 0.25) is 0 Å². The zero-order valence-corrected chi connectivity index (χ0v) is 17.3. The number of benzene rings is 1. The normalized spacial score (nSPS) is 23.1. The van der Waals surface area contributed by atoms with E-state index in [2.05, 4.69) is 15.6 Å². The average Bonchev–Trinajstić information content (AvgIpc) is 3.28. The maximum Gasteiger partial charge on any atom is 0.276 e. The van der Waals surface area contributed by atoms with Crippen molar-refractivity contribution in [2.24, 2.45) is 11.8 Å². The Kier molecular flexibility index (Phi) is 5.65. The summed E-state index contributed by atoms with van der Waals surface area (Å²) in [4.78, 5) is 15.1. The maximum absolute atomic E-state index is 13.1. The van der Waals surface area contributed by atoms with Crippen LogP contribution >= 0.6 is 12.4 Å². The minimum atomic E-state index is -0.0192. The van der Waals surface area contributed by atoms with Gasteiger partial charge in [-0.1, -0.05) is 5.21 Å². The molecule has 3 aliphatic heterocycles. The van der Waals surface area contributed by atoms with Gasteiger partial charge in [-0.05, 0) is 56.8 Å². The van der Waals surface area contributed by atoms with Gasteiger partial charge in [0.05, 0.1) is 11.4 Å². The van der Waals surface area contributed by atoms with E-state index < -0.39 is 0 Å². The molecule has 0 radical (unpaired) electrons. The summed E-state index contributed by atoms with van der Waals surface area (Å²) in [5.41, 5.74) is 1.98. The number of carbonyl (C=O) groups excluding carboxylic acids is 1. The van der Waals surface area contributed by atoms with Crippen molar-refractivity contribution in [3.8, 4) is 17.2 Å². The predicted octanol–water partition coefficient (Wildman–Crippen LogP) is 1.84. The molecule has 0 saturated carbocycles. The van der Waals surface area contributed by atoms with Gasteiger partial charge in [0.25, 0.3) is 5.91 Å². The van der Waals surface area contributed by atoms with E-state index >= 15 is 0 Å². The van der Waals surface area contributed by atoms with Gasteiger partial charge < -0.3 is 19.7 Å². The van der Waals surface area contributed by atoms with Gasteiger partial charge in [0, 0.05) is 19.2 Å². The smallest absolute Gasteiger partial charge is 0.276 e. The summed E-state index contributed by atoms with van der Waals surface area (Å²) in [6.45, 7) is 6.71. The average molecular weight is 420 g/mol. The molecule has 0 unspecified atom stereocenters. The Balaban J connectivity index is 0.00000205. The number of hydrogen-bond donors (Lipinski definition) is 1. The van der Waals surface area contributed by atoms with Crippen molar-refractivity contribution < 1.29 is 14.3 Å². The SMILES string of the molecule is Cc1c(C(=O)N2CC[C@@H]3CNC[C@@H]3CC2)nnn1-c1ccc2c(c1)OCCO2.Cl. The first kappa shape index (κ1) is 20.0. The lowest BCUT2D eigenvalue weighted by molar-refractivity contribution is 0.0751. The second kappa shape index (κ2) is 8.20. The molecule has 29 heavy (non-hydrogen) atoms. The molecule has 2 fully saturated rings. The maximum atomic E-state index is 13.1. The van der Waals surface area contributed by atoms with Crippen LogP contribution in [-0.4, -0.2) is 65.2 Å². The molecule has 2 atom stereocenters. The number of nitrogens with one attached hydrogen (secondary N) is 1. The van der Waals surface area contributed by atoms with Crippen LogP contribution in [0.2, 0.25) is 0 Å². The molecule has 1 aromatic carbocycles. The summed E-state index contributed by atoms with van der Waals surface area (Å²) in [5, 5.41) is 11.9. The van der Waals surface area contributed by atoms with Crippen molar-refractivity contribution in [2.75, 3.05) is 39.4 Å². The fraction of sp³-hybridized carbons (Fsp3) is 0.550. The molecule has 0 aliphatic carbocycles. The third-order valence-corrected chi connectivity index (χ3v) is 6.17. The van der Waals surface area contributed by atoms with Crippen molar-refractivity contribution in [3.63, 3.8) is 0 Å². The number of amides is 1. The monoisotopic (exact) mass is 419 g/mol. The molecule has 156 valence electrons. The Morgan fingerprint density at radius 3 is 2.52 bits per heavy atom. The molecule has 1 aromatic heterocycles. The highest BCUT2D eigenvalue weighted by Gasteiger charge is 2.33. The van der Waals surface area contributed by atoms with E-state index in [-0.39, 0.29) is 18.3 Å². The Bertz CT molecular complexity index is 888. The summed E-state index contributed by atoms with van der Waals surface area (Å²) in [5.74, 6) is 2.78. The van der Waals surface area contributed by atoms with Crippen molar-refractivity contribution in [2.45, 2.75) is 19.8 Å². The van der Waals surface area contributed by atoms with Crippen LogP contribution in [0, 0.1) is 18.8 Å². The Morgan fingerprint density at radius 2 is 1.79 bits per heavy atom. The van der Waals surface area contributed by atoms with Crippen LogP contribution in [0.4, 0.5) is 0 Å². The lowest BCUT2D eigenvalue weighted by atomic mass is 9.92. The lowest BCUT2D eigenvalue weighted by Gasteiger charge is -2.20. The molecule has 5 rings (SSSR count). The van der Waals surface area contributed by atoms with Crippen LogP contribution in [-0.2, 0) is 0 Å². The number of likely N-dealkylation sites (tertiary alicyclic amines) is 1. The highest BCUT2D eigenvalue weighted by Crippen LogP contribution is 2.32. The zero-order chi connectivity index (χ0) is 19.1. The van der Waals surface area contributed by atoms with E-state index in [1.165, 1.54) is 0 Å². The zero-order valence-electron chi connectivity index (χ0n) is 16.5. The van der Waals surface area contributed by atoms with E-state index in [4.69, 9.17) is 9.47 Å². The Labute approximate surface area is 175 Å². The predicted molar refractivity (Wildman–Crippen MR) is 109 cm³/mol. The van der Waals surface area contributed by atoms with Gasteiger partial charge in [-0.3, -0.25) is 4.79 Å². The molecule has 4 heterocycles. The lowest BCUT2D eigenvalue weighted by Crippen LogP contribution is -2.33. The van der Waals surface area contributed by atoms with Crippen LogP contribution in [0.3, 0.4) is 0 Å². The minimum absolute atomic E-state index is 0. The standard InChI is InChI=1S/C20H25N5O3.ClH/c1-13-19(20(26)24-6-4-14-11-21-12-15(14)5-7-24)22-23-25(13)16-2-3-17-18(10-16)28-9-8-27-17;/h2-3,10,14-15,21H,4-9,11-12H2,1H3;1H/t14-,15+;. The Morgan fingerprint density at radius 1 is 1.10 bits per heavy atom. The number of rotatable bonds is 2. The molecular weight excluding hydrogens is 394 g/mol. The van der Waals surface area contributed by atoms with E-state index in [0.717, 1.165) is 56.2 Å². The second-order valence-electron chi connectivity index (χ2n) is 7.81. The number of nitrogens with zero attached hydrogens (tertiary/aromatic N) is 4. The van der Waals surface area contributed by atoms with Crippen molar-refractivity contribution >= 4 is 18.3 Å². The molecule has 8 nitrogen and oxygen atoms in total. The van der Waals surface area contributed by atoms with Crippen LogP contribution in [0.1, 0.15) is 29.0 Å². The molecule has 0 bridgehead atoms. The van der Waals surface area contributed by atoms with Gasteiger partial charge in [0.1, 0.15) is 13.2 Å². The number of ether oxygens (including phenoxy) is 2. The fourth-order valence-corrected chi connectivity index (χ4v) is 4.51. The summed E-state index contributed by atoms with van der Waals surface area (Å²) in [6, 6.07) is 5.65. The quantitative estimate of drug-likeness (QED) is 0.799. The van der Waals surface area contributed by atoms with Crippen molar-refractivity contribution in [1.29, 1.82) is 0 Å². The fourth-order valence-electron chi connectivity index (χ4n) is 4.51. The van der Waals surface area contributed by atoms with E-state index in [1.807, 2.05) is 30.0 Å². The highest BCUT2D eigenvalue weighted by atomic mass is 35.5. The van der Waals surface area contributed by atoms with Crippen LogP contribution in [0.15, 0.2) is 18.2 Å². The van der Waals surface area contributed by atoms with Crippen LogP contribution in [0.5, 0.6) is 11.5 Å². The number of aromatic nitrogens is 3. The highest BCUT2D eigenvalue weighted by molar-refractivity contribution is 5.93. The number of fused-ring (bicyclic) bond motifs is 2. The van der Waals surface area contributed by atoms with Gasteiger partial charge in [-0.25, -0.2) is 4.68 Å². The van der Waals surface area contributed by atoms with Crippen molar-refractivity contribution in [1.82, 2.24) is 25.2 Å². The van der Waals surface area contributed by atoms with Crippen LogP contribution in [0.25, 0.3) is 5.69 Å². The first-order chi connectivity index (χ1) is 13.7. The summed E-state index contributed by atoms with van der Waals surface area (Å²) >= 11 is 0. The second-order valence-corrected chi connectivity index (χ2v) is 7.81. The summed E-state index contributed by atoms with van der Waals surface area (Å²) in [6.07, 6.45) is 2.11. The molecule has 2 aromatic rings. The third-order valence-electron chi connectivity index (χ3n) is 6.17. The molecule has 1 N–H and O–H groups in total. The van der Waals surface area contributed by atoms with E-state index in [1.54, 1.807) is 4.68 Å². The third kappa shape index (κ3) is 3.67. The first-order valence-corrected chi connectivity index (χ1v) is 10.0. The van der Waals surface area contributed by atoms with Gasteiger partial charge in [0.15, 0.2) is 17.2 Å². The molecular formula is C20H26ClN5O3. The minimum Gasteiger partial charge on any atom is -0.486 e. The van der Waals surface area contributed by atoms with E-state index in [0.29, 0.717) is 36.5 Å². The van der Waals surface area contributed by atoms with Crippen LogP contribution < -0.4 is 14.8 Å².